The molecule has 2 fully saturated rings. The molecule has 0 saturated carbocycles. The van der Waals surface area contributed by atoms with Gasteiger partial charge in [-0.1, -0.05) is 60.7 Å². The Balaban J connectivity index is 0.000000260. The number of hydroxylamine groups is 2. The van der Waals surface area contributed by atoms with Crippen molar-refractivity contribution >= 4 is 23.9 Å². The van der Waals surface area contributed by atoms with E-state index in [2.05, 4.69) is 10.6 Å². The van der Waals surface area contributed by atoms with Gasteiger partial charge in [0.05, 0.1) is 12.1 Å². The molecule has 12 nitrogen and oxygen atoms in total. The normalized spacial score (nSPS) is 16.5. The summed E-state index contributed by atoms with van der Waals surface area (Å²) in [5, 5.41) is 23.0. The highest BCUT2D eigenvalue weighted by Crippen LogP contribution is 2.24. The summed E-state index contributed by atoms with van der Waals surface area (Å²) in [5.41, 5.74) is 5.51. The first-order chi connectivity index (χ1) is 23.2. The van der Waals surface area contributed by atoms with Crippen LogP contribution in [0.1, 0.15) is 101 Å². The van der Waals surface area contributed by atoms with Gasteiger partial charge in [-0.05, 0) is 88.2 Å². The molecule has 2 aliphatic heterocycles. The van der Waals surface area contributed by atoms with Crippen LogP contribution in [0.3, 0.4) is 0 Å². The maximum atomic E-state index is 12.4. The number of benzene rings is 2. The molecule has 48 heavy (non-hydrogen) atoms. The minimum absolute atomic E-state index is 0.00609. The van der Waals surface area contributed by atoms with Crippen LogP contribution in [0.25, 0.3) is 0 Å². The molecule has 12 heteroatoms. The molecule has 2 aromatic carbocycles. The average molecular weight is 667 g/mol. The number of carbonyl (C=O) groups is 4. The summed E-state index contributed by atoms with van der Waals surface area (Å²) in [6, 6.07) is 19.8. The van der Waals surface area contributed by atoms with Crippen molar-refractivity contribution < 1.29 is 29.6 Å². The Morgan fingerprint density at radius 1 is 0.625 bits per heavy atom. The fraction of sp³-hybridized carbons (Fsp3) is 0.556. The predicted molar refractivity (Wildman–Crippen MR) is 183 cm³/mol. The van der Waals surface area contributed by atoms with E-state index in [0.717, 1.165) is 88.7 Å². The van der Waals surface area contributed by atoms with Crippen molar-refractivity contribution in [1.29, 1.82) is 0 Å². The van der Waals surface area contributed by atoms with Crippen LogP contribution in [0.15, 0.2) is 60.7 Å². The van der Waals surface area contributed by atoms with E-state index in [1.54, 1.807) is 11.0 Å². The summed E-state index contributed by atoms with van der Waals surface area (Å²) < 4.78 is 0. The lowest BCUT2D eigenvalue weighted by atomic mass is 9.91. The fourth-order valence-electron chi connectivity index (χ4n) is 6.27. The number of amides is 6. The van der Waals surface area contributed by atoms with E-state index in [9.17, 15) is 19.2 Å². The van der Waals surface area contributed by atoms with Gasteiger partial charge in [-0.25, -0.2) is 20.5 Å². The summed E-state index contributed by atoms with van der Waals surface area (Å²) in [5.74, 6) is 0.433. The smallest absolute Gasteiger partial charge is 0.317 e. The van der Waals surface area contributed by atoms with E-state index in [1.165, 1.54) is 0 Å². The maximum Gasteiger partial charge on any atom is 0.317 e. The van der Waals surface area contributed by atoms with Crippen LogP contribution in [0.4, 0.5) is 9.59 Å². The number of nitrogens with zero attached hydrogens (tertiary/aromatic N) is 2. The Kier molecular flexibility index (Phi) is 16.7. The summed E-state index contributed by atoms with van der Waals surface area (Å²) in [7, 11) is 0. The summed E-state index contributed by atoms with van der Waals surface area (Å²) >= 11 is 0. The summed E-state index contributed by atoms with van der Waals surface area (Å²) in [4.78, 5) is 50.5. The Morgan fingerprint density at radius 3 is 1.27 bits per heavy atom. The van der Waals surface area contributed by atoms with Crippen LogP contribution < -0.4 is 21.6 Å². The van der Waals surface area contributed by atoms with Crippen LogP contribution >= 0.6 is 0 Å². The molecule has 0 spiro atoms. The van der Waals surface area contributed by atoms with Crippen molar-refractivity contribution in [3.8, 4) is 0 Å². The average Bonchev–Trinajstić information content (AvgIpc) is 3.12. The third-order valence-corrected chi connectivity index (χ3v) is 9.36. The molecule has 264 valence electrons. The molecule has 2 heterocycles. The van der Waals surface area contributed by atoms with E-state index >= 15 is 0 Å². The standard InChI is InChI=1S/2C18H27N3O3/c2*1-14(16-7-3-2-4-8-16)19-18(23)21-12-10-15(11-13-21)6-5-9-17(22)20-24/h2*2-4,7-8,14-15,24H,5-6,9-13H2,1H3,(H,19,23)(H,20,22)/t2*14-/m10/s1. The minimum Gasteiger partial charge on any atom is -0.331 e. The topological polar surface area (TPSA) is 163 Å². The summed E-state index contributed by atoms with van der Waals surface area (Å²) in [6.07, 6.45) is 8.04. The Hall–Kier alpha value is -4.16. The van der Waals surface area contributed by atoms with Gasteiger partial charge in [-0.3, -0.25) is 20.0 Å². The monoisotopic (exact) mass is 666 g/mol. The second-order valence-corrected chi connectivity index (χ2v) is 12.9. The van der Waals surface area contributed by atoms with E-state index in [-0.39, 0.29) is 36.0 Å². The van der Waals surface area contributed by atoms with Gasteiger partial charge in [0.25, 0.3) is 0 Å². The first-order valence-corrected chi connectivity index (χ1v) is 17.3. The number of carbonyl (C=O) groups excluding carboxylic acids is 4. The summed E-state index contributed by atoms with van der Waals surface area (Å²) in [6.45, 7) is 7.00. The molecule has 0 bridgehead atoms. The van der Waals surface area contributed by atoms with Crippen LogP contribution in [0, 0.1) is 11.8 Å². The number of rotatable bonds is 12. The number of hydrogen-bond donors (Lipinski definition) is 6. The van der Waals surface area contributed by atoms with Crippen LogP contribution in [0.5, 0.6) is 0 Å². The van der Waals surface area contributed by atoms with Crippen molar-refractivity contribution in [1.82, 2.24) is 31.4 Å². The van der Waals surface area contributed by atoms with Gasteiger partial charge in [-0.15, -0.1) is 0 Å². The largest absolute Gasteiger partial charge is 0.331 e. The van der Waals surface area contributed by atoms with Gasteiger partial charge in [0.2, 0.25) is 11.8 Å². The van der Waals surface area contributed by atoms with E-state index in [4.69, 9.17) is 10.4 Å². The van der Waals surface area contributed by atoms with Gasteiger partial charge in [0.1, 0.15) is 0 Å². The molecule has 0 unspecified atom stereocenters. The third-order valence-electron chi connectivity index (χ3n) is 9.36. The number of piperidine rings is 2. The van der Waals surface area contributed by atoms with Crippen molar-refractivity contribution in [2.45, 2.75) is 90.1 Å². The quantitative estimate of drug-likeness (QED) is 0.126. The minimum atomic E-state index is -0.332. The molecular formula is C36H54N6O6. The van der Waals surface area contributed by atoms with Gasteiger partial charge in [0.15, 0.2) is 0 Å². The lowest BCUT2D eigenvalue weighted by Gasteiger charge is -2.33. The molecule has 6 amide bonds. The molecule has 2 atom stereocenters. The van der Waals surface area contributed by atoms with E-state index in [0.29, 0.717) is 24.7 Å². The van der Waals surface area contributed by atoms with E-state index in [1.807, 2.05) is 84.3 Å². The SMILES string of the molecule is C[C@@H](NC(=O)N1CCC(CCCC(=O)NO)CC1)c1ccccc1.C[C@H](NC(=O)N1CCC(CCCC(=O)NO)CC1)c1ccccc1. The molecular weight excluding hydrogens is 612 g/mol. The van der Waals surface area contributed by atoms with Crippen molar-refractivity contribution in [2.75, 3.05) is 26.2 Å². The first kappa shape index (κ1) is 38.3. The molecule has 2 aliphatic rings. The number of likely N-dealkylation sites (tertiary alicyclic amines) is 2. The molecule has 6 N–H and O–H groups in total. The maximum absolute atomic E-state index is 12.4. The first-order valence-electron chi connectivity index (χ1n) is 17.3. The lowest BCUT2D eigenvalue weighted by Crippen LogP contribution is -2.45. The zero-order valence-corrected chi connectivity index (χ0v) is 28.4. The molecule has 0 aliphatic carbocycles. The predicted octanol–water partition coefficient (Wildman–Crippen LogP) is 5.69. The highest BCUT2D eigenvalue weighted by molar-refractivity contribution is 5.76. The lowest BCUT2D eigenvalue weighted by molar-refractivity contribution is -0.130. The third kappa shape index (κ3) is 13.5. The highest BCUT2D eigenvalue weighted by Gasteiger charge is 2.25. The fourth-order valence-corrected chi connectivity index (χ4v) is 6.27. The van der Waals surface area contributed by atoms with E-state index < -0.39 is 0 Å². The Morgan fingerprint density at radius 2 is 0.958 bits per heavy atom. The van der Waals surface area contributed by atoms with Crippen LogP contribution in [-0.4, -0.2) is 70.3 Å². The van der Waals surface area contributed by atoms with Crippen LogP contribution in [-0.2, 0) is 9.59 Å². The number of nitrogens with one attached hydrogen (secondary N) is 4. The van der Waals surface area contributed by atoms with Crippen molar-refractivity contribution in [3.63, 3.8) is 0 Å². The number of hydrogen-bond acceptors (Lipinski definition) is 6. The van der Waals surface area contributed by atoms with Crippen LogP contribution in [0.2, 0.25) is 0 Å². The number of urea groups is 2. The van der Waals surface area contributed by atoms with Gasteiger partial charge < -0.3 is 20.4 Å². The Labute approximate surface area is 284 Å². The van der Waals surface area contributed by atoms with Gasteiger partial charge >= 0.3 is 12.1 Å². The molecule has 0 radical (unpaired) electrons. The molecule has 4 rings (SSSR count). The second kappa shape index (κ2) is 20.9. The zero-order valence-electron chi connectivity index (χ0n) is 28.4. The van der Waals surface area contributed by atoms with Crippen molar-refractivity contribution in [3.05, 3.63) is 71.8 Å². The Bertz CT molecular complexity index is 1150. The second-order valence-electron chi connectivity index (χ2n) is 12.9. The van der Waals surface area contributed by atoms with Gasteiger partial charge in [0, 0.05) is 39.0 Å². The molecule has 2 aromatic rings. The van der Waals surface area contributed by atoms with Gasteiger partial charge in [-0.2, -0.15) is 0 Å². The van der Waals surface area contributed by atoms with Crippen molar-refractivity contribution in [2.24, 2.45) is 11.8 Å². The molecule has 0 aromatic heterocycles. The molecule has 2 saturated heterocycles. The highest BCUT2D eigenvalue weighted by atomic mass is 16.5. The zero-order chi connectivity index (χ0) is 34.7.